The smallest absolute Gasteiger partial charge is 0.305 e. The minimum atomic E-state index is -0.975. The summed E-state index contributed by atoms with van der Waals surface area (Å²) in [5.41, 5.74) is 0.231. The van der Waals surface area contributed by atoms with Gasteiger partial charge in [-0.1, -0.05) is 0 Å². The molecule has 0 radical (unpaired) electrons. The molecule has 0 fully saturated rings. The fraction of sp³-hybridized carbons (Fsp3) is 0.300. The first-order chi connectivity index (χ1) is 7.50. The number of amides is 1. The van der Waals surface area contributed by atoms with Crippen LogP contribution in [0.4, 0.5) is 4.39 Å². The summed E-state index contributed by atoms with van der Waals surface area (Å²) in [4.78, 5) is 26.5. The highest BCUT2D eigenvalue weighted by Crippen LogP contribution is 2.03. The number of aromatic nitrogens is 1. The maximum atomic E-state index is 12.5. The molecule has 5 nitrogen and oxygen atoms in total. The lowest BCUT2D eigenvalue weighted by atomic mass is 10.2. The van der Waals surface area contributed by atoms with Gasteiger partial charge in [0.25, 0.3) is 5.91 Å². The van der Waals surface area contributed by atoms with Gasteiger partial charge in [-0.25, -0.2) is 4.98 Å². The first kappa shape index (κ1) is 12.1. The number of pyridine rings is 1. The van der Waals surface area contributed by atoms with Crippen LogP contribution in [0.1, 0.15) is 16.8 Å². The van der Waals surface area contributed by atoms with Gasteiger partial charge in [0.1, 0.15) is 0 Å². The molecule has 0 unspecified atom stereocenters. The second-order valence-electron chi connectivity index (χ2n) is 3.24. The van der Waals surface area contributed by atoms with Gasteiger partial charge in [-0.15, -0.1) is 0 Å². The van der Waals surface area contributed by atoms with Crippen molar-refractivity contribution in [2.75, 3.05) is 13.6 Å². The van der Waals surface area contributed by atoms with Crippen LogP contribution >= 0.6 is 0 Å². The Hall–Kier alpha value is -1.98. The SMILES string of the molecule is CN(CCC(=O)O)C(=O)c1ccc(F)nc1. The first-order valence-electron chi connectivity index (χ1n) is 4.59. The molecular weight excluding hydrogens is 215 g/mol. The Balaban J connectivity index is 2.63. The lowest BCUT2D eigenvalue weighted by Gasteiger charge is -2.15. The van der Waals surface area contributed by atoms with Crippen LogP contribution < -0.4 is 0 Å². The van der Waals surface area contributed by atoms with Gasteiger partial charge in [-0.3, -0.25) is 9.59 Å². The molecule has 0 atom stereocenters. The van der Waals surface area contributed by atoms with Crippen molar-refractivity contribution >= 4 is 11.9 Å². The fourth-order valence-electron chi connectivity index (χ4n) is 1.09. The average Bonchev–Trinajstić information content (AvgIpc) is 2.26. The molecule has 1 amide bonds. The zero-order valence-corrected chi connectivity index (χ0v) is 8.68. The normalized spacial score (nSPS) is 9.88. The number of rotatable bonds is 4. The highest BCUT2D eigenvalue weighted by Gasteiger charge is 2.12. The van der Waals surface area contributed by atoms with E-state index < -0.39 is 11.9 Å². The van der Waals surface area contributed by atoms with Gasteiger partial charge in [0.05, 0.1) is 12.0 Å². The number of carboxylic acids is 1. The second kappa shape index (κ2) is 5.20. The molecule has 1 aromatic heterocycles. The fourth-order valence-corrected chi connectivity index (χ4v) is 1.09. The van der Waals surface area contributed by atoms with E-state index in [2.05, 4.69) is 4.98 Å². The Kier molecular flexibility index (Phi) is 3.93. The maximum Gasteiger partial charge on any atom is 0.305 e. The highest BCUT2D eigenvalue weighted by molar-refractivity contribution is 5.93. The molecule has 0 saturated carbocycles. The summed E-state index contributed by atoms with van der Waals surface area (Å²) in [6.45, 7) is 0.103. The van der Waals surface area contributed by atoms with E-state index in [0.29, 0.717) is 0 Å². The third-order valence-corrected chi connectivity index (χ3v) is 1.98. The van der Waals surface area contributed by atoms with Crippen LogP contribution in [0.3, 0.4) is 0 Å². The number of carbonyl (C=O) groups excluding carboxylic acids is 1. The average molecular weight is 226 g/mol. The summed E-state index contributed by atoms with van der Waals surface area (Å²) in [5, 5.41) is 8.45. The molecule has 6 heteroatoms. The number of aliphatic carboxylic acids is 1. The van der Waals surface area contributed by atoms with E-state index in [1.165, 1.54) is 18.0 Å². The van der Waals surface area contributed by atoms with Gasteiger partial charge in [-0.2, -0.15) is 4.39 Å². The van der Waals surface area contributed by atoms with Crippen molar-refractivity contribution in [2.45, 2.75) is 6.42 Å². The van der Waals surface area contributed by atoms with Crippen molar-refractivity contribution in [3.05, 3.63) is 29.8 Å². The predicted octanol–water partition coefficient (Wildman–Crippen LogP) is 0.767. The minimum absolute atomic E-state index is 0.103. The molecule has 0 bridgehead atoms. The zero-order chi connectivity index (χ0) is 12.1. The van der Waals surface area contributed by atoms with E-state index >= 15 is 0 Å². The monoisotopic (exact) mass is 226 g/mol. The van der Waals surface area contributed by atoms with Crippen molar-refractivity contribution in [2.24, 2.45) is 0 Å². The molecule has 86 valence electrons. The van der Waals surface area contributed by atoms with Gasteiger partial charge in [0, 0.05) is 19.8 Å². The van der Waals surface area contributed by atoms with E-state index in [4.69, 9.17) is 5.11 Å². The number of halogens is 1. The summed E-state index contributed by atoms with van der Waals surface area (Å²) in [7, 11) is 1.48. The lowest BCUT2D eigenvalue weighted by molar-refractivity contribution is -0.137. The lowest BCUT2D eigenvalue weighted by Crippen LogP contribution is -2.29. The summed E-state index contributed by atoms with van der Waals surface area (Å²) >= 11 is 0. The van der Waals surface area contributed by atoms with E-state index in [9.17, 15) is 14.0 Å². The van der Waals surface area contributed by atoms with Crippen LogP contribution in [0.15, 0.2) is 18.3 Å². The molecule has 1 N–H and O–H groups in total. The van der Waals surface area contributed by atoms with Gasteiger partial charge in [0.2, 0.25) is 5.95 Å². The Labute approximate surface area is 91.5 Å². The third-order valence-electron chi connectivity index (χ3n) is 1.98. The molecule has 0 aromatic carbocycles. The summed E-state index contributed by atoms with van der Waals surface area (Å²) in [6.07, 6.45) is 0.992. The van der Waals surface area contributed by atoms with E-state index in [1.807, 2.05) is 0 Å². The number of nitrogens with zero attached hydrogens (tertiary/aromatic N) is 2. The van der Waals surface area contributed by atoms with E-state index in [0.717, 1.165) is 12.3 Å². The molecular formula is C10H11FN2O3. The largest absolute Gasteiger partial charge is 0.481 e. The highest BCUT2D eigenvalue weighted by atomic mass is 19.1. The van der Waals surface area contributed by atoms with Crippen LogP contribution in [0.25, 0.3) is 0 Å². The molecule has 0 spiro atoms. The zero-order valence-electron chi connectivity index (χ0n) is 8.68. The topological polar surface area (TPSA) is 70.5 Å². The number of carboxylic acid groups (broad SMARTS) is 1. The summed E-state index contributed by atoms with van der Waals surface area (Å²) < 4.78 is 12.5. The molecule has 0 aliphatic carbocycles. The van der Waals surface area contributed by atoms with Gasteiger partial charge < -0.3 is 10.0 Å². The van der Waals surface area contributed by atoms with Crippen LogP contribution in [0, 0.1) is 5.95 Å². The van der Waals surface area contributed by atoms with Crippen LogP contribution in [0.2, 0.25) is 0 Å². The standard InChI is InChI=1S/C10H11FN2O3/c1-13(5-4-9(14)15)10(16)7-2-3-8(11)12-6-7/h2-3,6H,4-5H2,1H3,(H,14,15). The summed E-state index contributed by atoms with van der Waals surface area (Å²) in [6, 6.07) is 2.39. The molecule has 1 heterocycles. The van der Waals surface area contributed by atoms with Crippen LogP contribution in [0.5, 0.6) is 0 Å². The molecule has 0 aliphatic rings. The second-order valence-corrected chi connectivity index (χ2v) is 3.24. The van der Waals surface area contributed by atoms with Crippen LogP contribution in [-0.2, 0) is 4.79 Å². The first-order valence-corrected chi connectivity index (χ1v) is 4.59. The van der Waals surface area contributed by atoms with Crippen LogP contribution in [-0.4, -0.2) is 40.5 Å². The number of hydrogen-bond donors (Lipinski definition) is 1. The van der Waals surface area contributed by atoms with Crippen molar-refractivity contribution in [3.63, 3.8) is 0 Å². The quantitative estimate of drug-likeness (QED) is 0.770. The minimum Gasteiger partial charge on any atom is -0.481 e. The van der Waals surface area contributed by atoms with E-state index in [1.54, 1.807) is 0 Å². The Bertz CT molecular complexity index is 392. The molecule has 1 rings (SSSR count). The Morgan fingerprint density at radius 2 is 2.19 bits per heavy atom. The molecule has 1 aromatic rings. The number of hydrogen-bond acceptors (Lipinski definition) is 3. The van der Waals surface area contributed by atoms with Crippen molar-refractivity contribution in [1.29, 1.82) is 0 Å². The molecule has 0 aliphatic heterocycles. The van der Waals surface area contributed by atoms with E-state index in [-0.39, 0.29) is 24.4 Å². The Morgan fingerprint density at radius 1 is 1.50 bits per heavy atom. The van der Waals surface area contributed by atoms with Gasteiger partial charge >= 0.3 is 5.97 Å². The van der Waals surface area contributed by atoms with Gasteiger partial charge in [0.15, 0.2) is 0 Å². The predicted molar refractivity (Wildman–Crippen MR) is 53.4 cm³/mol. The number of carbonyl (C=O) groups is 2. The molecule has 16 heavy (non-hydrogen) atoms. The van der Waals surface area contributed by atoms with Gasteiger partial charge in [-0.05, 0) is 12.1 Å². The van der Waals surface area contributed by atoms with Crippen molar-refractivity contribution in [3.8, 4) is 0 Å². The third kappa shape index (κ3) is 3.30. The summed E-state index contributed by atoms with van der Waals surface area (Å²) in [5.74, 6) is -2.02. The Morgan fingerprint density at radius 3 is 2.69 bits per heavy atom. The maximum absolute atomic E-state index is 12.5. The van der Waals surface area contributed by atoms with Crippen molar-refractivity contribution in [1.82, 2.24) is 9.88 Å². The molecule has 0 saturated heterocycles. The van der Waals surface area contributed by atoms with Crippen molar-refractivity contribution < 1.29 is 19.1 Å².